The maximum Gasteiger partial charge on any atom is 0.333 e. The number of Topliss-reactive ketones (excluding diaryl/α,β-unsaturated/α-hetero) is 1. The van der Waals surface area contributed by atoms with E-state index >= 15 is 0 Å². The number of benzene rings is 2. The van der Waals surface area contributed by atoms with Crippen LogP contribution in [0.2, 0.25) is 0 Å². The Morgan fingerprint density at radius 3 is 2.46 bits per heavy atom. The number of tetrazole rings is 1. The minimum Gasteiger partial charge on any atom is -0.294 e. The molecule has 0 atom stereocenters. The van der Waals surface area contributed by atoms with Crippen molar-refractivity contribution in [3.8, 4) is 28.3 Å². The first-order valence-corrected chi connectivity index (χ1v) is 13.1. The zero-order chi connectivity index (χ0) is 27.5. The monoisotopic (exact) mass is 521 g/mol. The number of para-hydroxylation sites is 1. The Labute approximate surface area is 226 Å². The van der Waals surface area contributed by atoms with Crippen molar-refractivity contribution in [3.63, 3.8) is 0 Å². The lowest BCUT2D eigenvalue weighted by molar-refractivity contribution is 0.101. The van der Waals surface area contributed by atoms with E-state index < -0.39 is 0 Å². The van der Waals surface area contributed by atoms with Crippen molar-refractivity contribution in [2.24, 2.45) is 0 Å². The quantitative estimate of drug-likeness (QED) is 0.267. The van der Waals surface area contributed by atoms with Crippen molar-refractivity contribution in [2.75, 3.05) is 0 Å². The molecule has 5 aromatic rings. The van der Waals surface area contributed by atoms with E-state index in [0.717, 1.165) is 46.5 Å². The first-order chi connectivity index (χ1) is 18.9. The predicted molar refractivity (Wildman–Crippen MR) is 150 cm³/mol. The maximum absolute atomic E-state index is 13.9. The average molecular weight is 522 g/mol. The summed E-state index contributed by atoms with van der Waals surface area (Å²) in [7, 11) is 0. The molecule has 39 heavy (non-hydrogen) atoms. The van der Waals surface area contributed by atoms with Crippen molar-refractivity contribution in [1.82, 2.24) is 34.7 Å². The number of hydrogen-bond donors (Lipinski definition) is 1. The van der Waals surface area contributed by atoms with Gasteiger partial charge in [0.2, 0.25) is 5.82 Å². The molecule has 0 saturated heterocycles. The third-order valence-electron chi connectivity index (χ3n) is 6.83. The fourth-order valence-electron chi connectivity index (χ4n) is 4.93. The number of carbonyl (C=O) groups is 1. The van der Waals surface area contributed by atoms with Crippen LogP contribution in [0.25, 0.3) is 28.3 Å². The number of aromatic nitrogens is 7. The molecule has 0 aliphatic heterocycles. The Hall–Kier alpha value is -4.66. The van der Waals surface area contributed by atoms with Crippen molar-refractivity contribution >= 4 is 5.78 Å². The Morgan fingerprint density at radius 2 is 1.82 bits per heavy atom. The maximum atomic E-state index is 13.9. The molecule has 0 fully saturated rings. The second kappa shape index (κ2) is 11.0. The van der Waals surface area contributed by atoms with Gasteiger partial charge in [0.1, 0.15) is 0 Å². The summed E-state index contributed by atoms with van der Waals surface area (Å²) in [4.78, 5) is 31.1. The molecule has 1 N–H and O–H groups in total. The van der Waals surface area contributed by atoms with Crippen LogP contribution in [0.3, 0.4) is 0 Å². The fraction of sp³-hybridized carbons (Fsp3) is 0.267. The van der Waals surface area contributed by atoms with Gasteiger partial charge in [0.05, 0.1) is 17.9 Å². The number of ketones is 1. The van der Waals surface area contributed by atoms with Crippen molar-refractivity contribution in [1.29, 1.82) is 0 Å². The number of H-pyrrole nitrogens is 1. The highest BCUT2D eigenvalue weighted by Gasteiger charge is 2.21. The summed E-state index contributed by atoms with van der Waals surface area (Å²) in [6.45, 7) is 8.15. The molecular formula is C30H31N7O2. The first-order valence-electron chi connectivity index (χ1n) is 13.1. The highest BCUT2D eigenvalue weighted by molar-refractivity contribution is 5.98. The number of carbonyl (C=O) groups excluding carboxylic acids is 1. The van der Waals surface area contributed by atoms with E-state index in [9.17, 15) is 9.59 Å². The molecule has 0 aliphatic rings. The number of aromatic amines is 1. The molecule has 2 aromatic carbocycles. The van der Waals surface area contributed by atoms with E-state index in [4.69, 9.17) is 4.98 Å². The zero-order valence-corrected chi connectivity index (χ0v) is 22.5. The standard InChI is InChI=1S/C30H31N7O2/c1-5-9-22-18-37(28-23(19(2)3)12-8-13-24(28)20(4)38)30(39)36(22)17-21-14-15-27(31-16-21)25-10-6-7-11-26(25)29-32-34-35-33-29/h6-8,10-16,18-19H,5,9,17H2,1-4H3,(H,32,33,34,35). The lowest BCUT2D eigenvalue weighted by Gasteiger charge is -2.16. The summed E-state index contributed by atoms with van der Waals surface area (Å²) in [6, 6.07) is 17.4. The number of rotatable bonds is 9. The van der Waals surface area contributed by atoms with Gasteiger partial charge in [-0.25, -0.2) is 4.79 Å². The highest BCUT2D eigenvalue weighted by atomic mass is 16.2. The van der Waals surface area contributed by atoms with Gasteiger partial charge in [-0.05, 0) is 47.7 Å². The number of hydrogen-bond acceptors (Lipinski definition) is 6. The lowest BCUT2D eigenvalue weighted by atomic mass is 9.96. The molecule has 5 rings (SSSR count). The number of nitrogens with one attached hydrogen (secondary N) is 1. The number of aryl methyl sites for hydroxylation is 1. The van der Waals surface area contributed by atoms with Crippen LogP contribution in [-0.4, -0.2) is 40.5 Å². The van der Waals surface area contributed by atoms with Gasteiger partial charge in [0.15, 0.2) is 5.78 Å². The molecule has 0 bridgehead atoms. The average Bonchev–Trinajstić information content (AvgIpc) is 3.58. The largest absolute Gasteiger partial charge is 0.333 e. The van der Waals surface area contributed by atoms with Crippen LogP contribution in [-0.2, 0) is 13.0 Å². The minimum atomic E-state index is -0.166. The van der Waals surface area contributed by atoms with Crippen LogP contribution in [0, 0.1) is 0 Å². The Balaban J connectivity index is 1.53. The number of nitrogens with zero attached hydrogens (tertiary/aromatic N) is 6. The van der Waals surface area contributed by atoms with Crippen LogP contribution in [0.1, 0.15) is 67.2 Å². The second-order valence-corrected chi connectivity index (χ2v) is 9.90. The zero-order valence-electron chi connectivity index (χ0n) is 22.5. The molecule has 0 spiro atoms. The van der Waals surface area contributed by atoms with Crippen LogP contribution >= 0.6 is 0 Å². The summed E-state index contributed by atoms with van der Waals surface area (Å²) in [5.41, 5.74) is 6.34. The van der Waals surface area contributed by atoms with E-state index in [1.54, 1.807) is 28.3 Å². The summed E-state index contributed by atoms with van der Waals surface area (Å²) < 4.78 is 3.44. The van der Waals surface area contributed by atoms with E-state index in [1.165, 1.54) is 0 Å². The Bertz CT molecular complexity index is 1660. The molecule has 0 amide bonds. The number of imidazole rings is 1. The van der Waals surface area contributed by atoms with E-state index in [2.05, 4.69) is 41.4 Å². The summed E-state index contributed by atoms with van der Waals surface area (Å²) in [6.07, 6.45) is 5.32. The van der Waals surface area contributed by atoms with Gasteiger partial charge >= 0.3 is 5.69 Å². The molecule has 9 nitrogen and oxygen atoms in total. The smallest absolute Gasteiger partial charge is 0.294 e. The molecule has 3 heterocycles. The van der Waals surface area contributed by atoms with Crippen LogP contribution in [0.5, 0.6) is 0 Å². The van der Waals surface area contributed by atoms with Crippen LogP contribution < -0.4 is 5.69 Å². The number of pyridine rings is 1. The molecular weight excluding hydrogens is 490 g/mol. The molecule has 0 aliphatic carbocycles. The van der Waals surface area contributed by atoms with E-state index in [0.29, 0.717) is 23.6 Å². The molecule has 9 heteroatoms. The van der Waals surface area contributed by atoms with Crippen molar-refractivity contribution in [2.45, 2.75) is 53.0 Å². The third kappa shape index (κ3) is 5.07. The summed E-state index contributed by atoms with van der Waals surface area (Å²) >= 11 is 0. The molecule has 0 radical (unpaired) electrons. The van der Waals surface area contributed by atoms with Gasteiger partial charge in [-0.3, -0.25) is 18.9 Å². The lowest BCUT2D eigenvalue weighted by Crippen LogP contribution is -2.26. The van der Waals surface area contributed by atoms with Gasteiger partial charge in [0.25, 0.3) is 0 Å². The van der Waals surface area contributed by atoms with Crippen LogP contribution in [0.4, 0.5) is 0 Å². The first kappa shape index (κ1) is 26.0. The Morgan fingerprint density at radius 1 is 1.03 bits per heavy atom. The molecule has 0 saturated carbocycles. The Kier molecular flexibility index (Phi) is 7.31. The molecule has 198 valence electrons. The molecule has 0 unspecified atom stereocenters. The SMILES string of the molecule is CCCc1cn(-c2c(C(C)=O)cccc2C(C)C)c(=O)n1Cc1ccc(-c2ccccc2-c2nn[nH]n2)nc1. The molecule has 3 aromatic heterocycles. The van der Waals surface area contributed by atoms with Gasteiger partial charge in [-0.2, -0.15) is 5.21 Å². The topological polar surface area (TPSA) is 111 Å². The van der Waals surface area contributed by atoms with Gasteiger partial charge in [-0.15, -0.1) is 10.2 Å². The van der Waals surface area contributed by atoms with Crippen molar-refractivity contribution < 1.29 is 4.79 Å². The van der Waals surface area contributed by atoms with Gasteiger partial charge in [-0.1, -0.05) is 69.7 Å². The van der Waals surface area contributed by atoms with Crippen molar-refractivity contribution in [3.05, 3.63) is 99.9 Å². The highest BCUT2D eigenvalue weighted by Crippen LogP contribution is 2.29. The summed E-state index contributed by atoms with van der Waals surface area (Å²) in [5.74, 6) is 0.585. The van der Waals surface area contributed by atoms with E-state index in [1.807, 2.05) is 54.7 Å². The van der Waals surface area contributed by atoms with Crippen LogP contribution in [0.15, 0.2) is 71.8 Å². The minimum absolute atomic E-state index is 0.0647. The second-order valence-electron chi connectivity index (χ2n) is 9.90. The predicted octanol–water partition coefficient (Wildman–Crippen LogP) is 5.21. The third-order valence-corrected chi connectivity index (χ3v) is 6.83. The van der Waals surface area contributed by atoms with Gasteiger partial charge < -0.3 is 0 Å². The normalized spacial score (nSPS) is 11.3. The summed E-state index contributed by atoms with van der Waals surface area (Å²) in [5, 5.41) is 14.4. The fourth-order valence-corrected chi connectivity index (χ4v) is 4.93. The van der Waals surface area contributed by atoms with Gasteiger partial charge in [0, 0.05) is 34.8 Å². The van der Waals surface area contributed by atoms with E-state index in [-0.39, 0.29) is 17.4 Å².